The molecule has 0 amide bonds. The average molecular weight is 308 g/mol. The molecule has 1 saturated carbocycles. The van der Waals surface area contributed by atoms with E-state index in [4.69, 9.17) is 14.2 Å². The second-order valence-electron chi connectivity index (χ2n) is 7.67. The molecule has 2 aliphatic carbocycles. The van der Waals surface area contributed by atoms with Gasteiger partial charge in [0.1, 0.15) is 17.8 Å². The van der Waals surface area contributed by atoms with Crippen LogP contribution in [0.2, 0.25) is 0 Å². The van der Waals surface area contributed by atoms with Gasteiger partial charge >= 0.3 is 5.97 Å². The predicted octanol–water partition coefficient (Wildman–Crippen LogP) is 1.58. The highest BCUT2D eigenvalue weighted by molar-refractivity contribution is 5.66. The summed E-state index contributed by atoms with van der Waals surface area (Å²) in [6.45, 7) is 6.43. The first-order valence-electron chi connectivity index (χ1n) is 8.13. The lowest BCUT2D eigenvalue weighted by molar-refractivity contribution is -0.218. The molecule has 22 heavy (non-hydrogen) atoms. The Balaban J connectivity index is 1.80. The molecule has 6 atom stereocenters. The predicted molar refractivity (Wildman–Crippen MR) is 78.1 cm³/mol. The summed E-state index contributed by atoms with van der Waals surface area (Å²) in [7, 11) is 0. The highest BCUT2D eigenvalue weighted by atomic mass is 16.7. The van der Waals surface area contributed by atoms with Crippen LogP contribution in [-0.2, 0) is 19.0 Å². The molecule has 4 unspecified atom stereocenters. The van der Waals surface area contributed by atoms with Crippen LogP contribution in [0.4, 0.5) is 0 Å². The fourth-order valence-corrected chi connectivity index (χ4v) is 5.32. The van der Waals surface area contributed by atoms with Gasteiger partial charge in [-0.3, -0.25) is 4.79 Å². The Morgan fingerprint density at radius 3 is 2.86 bits per heavy atom. The molecule has 5 heteroatoms. The van der Waals surface area contributed by atoms with Gasteiger partial charge in [-0.1, -0.05) is 18.6 Å². The zero-order valence-electron chi connectivity index (χ0n) is 13.4. The largest absolute Gasteiger partial charge is 0.460 e. The van der Waals surface area contributed by atoms with Gasteiger partial charge in [-0.15, -0.1) is 0 Å². The van der Waals surface area contributed by atoms with E-state index in [1.807, 2.05) is 0 Å². The Bertz CT molecular complexity index is 551. The van der Waals surface area contributed by atoms with E-state index >= 15 is 0 Å². The van der Waals surface area contributed by atoms with Crippen molar-refractivity contribution in [3.8, 4) is 0 Å². The maximum Gasteiger partial charge on any atom is 0.302 e. The summed E-state index contributed by atoms with van der Waals surface area (Å²) in [5, 5.41) is 10.3. The summed E-state index contributed by atoms with van der Waals surface area (Å²) in [6, 6.07) is 0. The Morgan fingerprint density at radius 2 is 2.27 bits per heavy atom. The molecule has 122 valence electrons. The average Bonchev–Trinajstić information content (AvgIpc) is 3.21. The number of aliphatic hydroxyl groups excluding tert-OH is 1. The third kappa shape index (κ3) is 1.52. The van der Waals surface area contributed by atoms with E-state index in [0.717, 1.165) is 12.8 Å². The maximum absolute atomic E-state index is 11.5. The third-order valence-electron chi connectivity index (χ3n) is 6.73. The number of carbonyl (C=O) groups excluding carboxylic acids is 1. The van der Waals surface area contributed by atoms with Crippen molar-refractivity contribution in [2.45, 2.75) is 63.9 Å². The summed E-state index contributed by atoms with van der Waals surface area (Å²) in [4.78, 5) is 11.5. The molecule has 5 nitrogen and oxygen atoms in total. The van der Waals surface area contributed by atoms with Gasteiger partial charge in [-0.25, -0.2) is 0 Å². The minimum absolute atomic E-state index is 0.0720. The summed E-state index contributed by atoms with van der Waals surface area (Å²) >= 11 is 0. The molecule has 0 aromatic heterocycles. The number of rotatable bonds is 2. The summed E-state index contributed by atoms with van der Waals surface area (Å²) in [5.41, 5.74) is 0.313. The third-order valence-corrected chi connectivity index (χ3v) is 6.73. The number of aliphatic hydroxyl groups is 1. The Kier molecular flexibility index (Phi) is 2.89. The number of fused-ring (bicyclic) bond motifs is 2. The van der Waals surface area contributed by atoms with E-state index in [2.05, 4.69) is 19.9 Å². The van der Waals surface area contributed by atoms with Crippen LogP contribution in [0.15, 0.2) is 11.6 Å². The molecule has 4 aliphatic rings. The molecule has 2 bridgehead atoms. The fraction of sp³-hybridized carbons (Fsp3) is 0.824. The van der Waals surface area contributed by atoms with E-state index < -0.39 is 5.60 Å². The SMILES string of the molecule is CC(=O)O[C@@H]1CC2(C)C3(CO3)C1OC1C=C(C)CC[C@@]12CO. The number of hydrogen-bond donors (Lipinski definition) is 1. The van der Waals surface area contributed by atoms with E-state index in [0.29, 0.717) is 13.0 Å². The van der Waals surface area contributed by atoms with Gasteiger partial charge in [0, 0.05) is 17.8 Å². The normalized spacial score (nSPS) is 52.2. The van der Waals surface area contributed by atoms with Crippen LogP contribution in [0.1, 0.15) is 40.0 Å². The van der Waals surface area contributed by atoms with Crippen molar-refractivity contribution in [2.75, 3.05) is 13.2 Å². The van der Waals surface area contributed by atoms with Crippen LogP contribution in [0.25, 0.3) is 0 Å². The van der Waals surface area contributed by atoms with Gasteiger partial charge in [0.05, 0.1) is 19.3 Å². The first kappa shape index (κ1) is 14.7. The summed E-state index contributed by atoms with van der Waals surface area (Å²) in [6.07, 6.45) is 4.06. The lowest BCUT2D eigenvalue weighted by atomic mass is 9.52. The molecule has 2 heterocycles. The Labute approximate surface area is 130 Å². The topological polar surface area (TPSA) is 68.3 Å². The van der Waals surface area contributed by atoms with E-state index in [9.17, 15) is 9.90 Å². The number of esters is 1. The molecule has 2 aliphatic heterocycles. The van der Waals surface area contributed by atoms with Gasteiger partial charge in [-0.2, -0.15) is 0 Å². The van der Waals surface area contributed by atoms with Crippen molar-refractivity contribution in [2.24, 2.45) is 10.8 Å². The van der Waals surface area contributed by atoms with Crippen molar-refractivity contribution >= 4 is 5.97 Å². The monoisotopic (exact) mass is 308 g/mol. The summed E-state index contributed by atoms with van der Waals surface area (Å²) in [5.74, 6) is -0.284. The molecule has 0 radical (unpaired) electrons. The lowest BCUT2D eigenvalue weighted by Gasteiger charge is -2.57. The molecule has 0 aromatic carbocycles. The van der Waals surface area contributed by atoms with Crippen LogP contribution >= 0.6 is 0 Å². The minimum Gasteiger partial charge on any atom is -0.460 e. The zero-order valence-corrected chi connectivity index (χ0v) is 13.4. The number of carbonyl (C=O) groups is 1. The van der Waals surface area contributed by atoms with Gasteiger partial charge in [0.2, 0.25) is 0 Å². The van der Waals surface area contributed by atoms with Crippen molar-refractivity contribution in [1.82, 2.24) is 0 Å². The van der Waals surface area contributed by atoms with Crippen molar-refractivity contribution in [3.05, 3.63) is 11.6 Å². The second kappa shape index (κ2) is 4.34. The first-order chi connectivity index (χ1) is 10.4. The minimum atomic E-state index is -0.397. The van der Waals surface area contributed by atoms with Crippen molar-refractivity contribution in [3.63, 3.8) is 0 Å². The molecule has 4 rings (SSSR count). The van der Waals surface area contributed by atoms with Gasteiger partial charge in [-0.05, 0) is 26.2 Å². The van der Waals surface area contributed by atoms with Crippen LogP contribution in [0.5, 0.6) is 0 Å². The van der Waals surface area contributed by atoms with Crippen LogP contribution < -0.4 is 0 Å². The highest BCUT2D eigenvalue weighted by Crippen LogP contribution is 2.71. The standard InChI is InChI=1S/C17H24O5/c1-10-4-5-16(8-18)13(6-10)22-14-12(21-11(2)19)7-15(16,3)17(14)9-20-17/h6,12-14,18H,4-5,7-9H2,1-3H3/t12-,13?,14?,15?,16-,17?/m1/s1. The van der Waals surface area contributed by atoms with E-state index in [1.165, 1.54) is 12.5 Å². The zero-order chi connectivity index (χ0) is 15.8. The number of hydrogen-bond acceptors (Lipinski definition) is 5. The second-order valence-corrected chi connectivity index (χ2v) is 7.67. The van der Waals surface area contributed by atoms with Gasteiger partial charge in [0.25, 0.3) is 0 Å². The fourth-order valence-electron chi connectivity index (χ4n) is 5.32. The lowest BCUT2D eigenvalue weighted by Crippen LogP contribution is -2.64. The number of allylic oxidation sites excluding steroid dienone is 1. The molecule has 2 saturated heterocycles. The molecule has 3 fully saturated rings. The highest BCUT2D eigenvalue weighted by Gasteiger charge is 2.81. The quantitative estimate of drug-likeness (QED) is 0.476. The van der Waals surface area contributed by atoms with E-state index in [1.54, 1.807) is 0 Å². The Morgan fingerprint density at radius 1 is 1.55 bits per heavy atom. The van der Waals surface area contributed by atoms with Crippen LogP contribution in [0.3, 0.4) is 0 Å². The molecular formula is C17H24O5. The van der Waals surface area contributed by atoms with E-state index in [-0.39, 0.29) is 41.7 Å². The number of ether oxygens (including phenoxy) is 3. The van der Waals surface area contributed by atoms with Crippen molar-refractivity contribution < 1.29 is 24.1 Å². The first-order valence-corrected chi connectivity index (χ1v) is 8.13. The Hall–Kier alpha value is -0.910. The van der Waals surface area contributed by atoms with Crippen LogP contribution in [0, 0.1) is 10.8 Å². The van der Waals surface area contributed by atoms with Crippen LogP contribution in [-0.4, -0.2) is 48.2 Å². The molecule has 1 spiro atoms. The summed E-state index contributed by atoms with van der Waals surface area (Å²) < 4.78 is 17.8. The molecule has 0 aromatic rings. The van der Waals surface area contributed by atoms with Crippen molar-refractivity contribution in [1.29, 1.82) is 0 Å². The number of epoxide rings is 1. The van der Waals surface area contributed by atoms with Gasteiger partial charge < -0.3 is 19.3 Å². The molecular weight excluding hydrogens is 284 g/mol. The molecule has 1 N–H and O–H groups in total. The maximum atomic E-state index is 11.5. The smallest absolute Gasteiger partial charge is 0.302 e. The van der Waals surface area contributed by atoms with Gasteiger partial charge in [0.15, 0.2) is 0 Å².